The van der Waals surface area contributed by atoms with Gasteiger partial charge in [-0.3, -0.25) is 4.79 Å². The molecule has 1 spiro atoms. The third kappa shape index (κ3) is 8.46. The van der Waals surface area contributed by atoms with Crippen molar-refractivity contribution in [1.29, 1.82) is 0 Å². The molecule has 0 aromatic heterocycles. The third-order valence-corrected chi connectivity index (χ3v) is 22.1. The Morgan fingerprint density at radius 3 is 1.85 bits per heavy atom. The molecule has 5 heterocycles. The number of hydrogen-bond acceptors (Lipinski definition) is 22. The van der Waals surface area contributed by atoms with Crippen LogP contribution in [0.4, 0.5) is 0 Å². The second kappa shape index (κ2) is 19.9. The normalized spacial score (nSPS) is 57.5. The van der Waals surface area contributed by atoms with Gasteiger partial charge in [-0.25, -0.2) is 0 Å². The average molecular weight is 1070 g/mol. The first-order valence-electron chi connectivity index (χ1n) is 27.4. The Morgan fingerprint density at radius 1 is 0.600 bits per heavy atom. The highest BCUT2D eigenvalue weighted by Crippen LogP contribution is 2.80. The maximum atomic E-state index is 14.7. The predicted octanol–water partition coefficient (Wildman–Crippen LogP) is -1.30. The zero-order chi connectivity index (χ0) is 54.3. The van der Waals surface area contributed by atoms with Crippen LogP contribution in [0.25, 0.3) is 0 Å². The third-order valence-electron chi connectivity index (χ3n) is 22.1. The monoisotopic (exact) mass is 1070 g/mol. The number of carbonyl (C=O) groups is 2. The van der Waals surface area contributed by atoms with E-state index in [1.807, 2.05) is 6.92 Å². The molecule has 5 saturated heterocycles. The van der Waals surface area contributed by atoms with Crippen LogP contribution in [0.3, 0.4) is 0 Å². The number of aliphatic hydroxyl groups excluding tert-OH is 11. The van der Waals surface area contributed by atoms with E-state index in [4.69, 9.17) is 42.6 Å². The van der Waals surface area contributed by atoms with Gasteiger partial charge in [0, 0.05) is 23.2 Å². The number of aliphatic hydroxyl groups is 11. The van der Waals surface area contributed by atoms with E-state index in [2.05, 4.69) is 34.6 Å². The zero-order valence-corrected chi connectivity index (χ0v) is 44.2. The van der Waals surface area contributed by atoms with Crippen molar-refractivity contribution in [3.05, 3.63) is 0 Å². The summed E-state index contributed by atoms with van der Waals surface area (Å²) in [5.41, 5.74) is -3.08. The lowest BCUT2D eigenvalue weighted by Crippen LogP contribution is -2.73. The van der Waals surface area contributed by atoms with Crippen molar-refractivity contribution < 1.29 is 108 Å². The highest BCUT2D eigenvalue weighted by molar-refractivity contribution is 5.89. The van der Waals surface area contributed by atoms with Crippen LogP contribution in [0.2, 0.25) is 0 Å². The first-order chi connectivity index (χ1) is 35.2. The summed E-state index contributed by atoms with van der Waals surface area (Å²) >= 11 is 0. The van der Waals surface area contributed by atoms with Crippen LogP contribution in [0.5, 0.6) is 0 Å². The molecule has 10 fully saturated rings. The number of ketones is 1. The fourth-order valence-electron chi connectivity index (χ4n) is 17.3. The van der Waals surface area contributed by atoms with Crippen molar-refractivity contribution in [2.45, 2.75) is 241 Å². The van der Waals surface area contributed by atoms with Crippen molar-refractivity contribution in [2.75, 3.05) is 26.4 Å². The Hall–Kier alpha value is -1.46. The van der Waals surface area contributed by atoms with Crippen molar-refractivity contribution in [3.63, 3.8) is 0 Å². The van der Waals surface area contributed by atoms with Crippen LogP contribution in [-0.2, 0) is 52.2 Å². The Morgan fingerprint density at radius 2 is 1.20 bits per heavy atom. The van der Waals surface area contributed by atoms with Gasteiger partial charge in [-0.2, -0.15) is 0 Å². The average Bonchev–Trinajstić information content (AvgIpc) is 3.66. The topological polar surface area (TPSA) is 340 Å². The minimum Gasteiger partial charge on any atom is -0.394 e. The molecule has 0 amide bonds. The molecule has 428 valence electrons. The molecule has 29 atom stereocenters. The lowest BCUT2D eigenvalue weighted by Gasteiger charge is -2.74. The van der Waals surface area contributed by atoms with Gasteiger partial charge in [0.15, 0.2) is 25.2 Å². The van der Waals surface area contributed by atoms with Crippen LogP contribution < -0.4 is 0 Å². The smallest absolute Gasteiger partial charge is 0.187 e. The van der Waals surface area contributed by atoms with Crippen molar-refractivity contribution in [2.24, 2.45) is 50.2 Å². The minimum absolute atomic E-state index is 0.0279. The van der Waals surface area contributed by atoms with Gasteiger partial charge in [0.05, 0.1) is 49.7 Å². The van der Waals surface area contributed by atoms with E-state index in [1.54, 1.807) is 0 Å². The molecule has 29 unspecified atom stereocenters. The first-order valence-corrected chi connectivity index (χ1v) is 27.4. The van der Waals surface area contributed by atoms with Gasteiger partial charge in [0.2, 0.25) is 0 Å². The molecule has 22 heteroatoms. The summed E-state index contributed by atoms with van der Waals surface area (Å²) in [5, 5.41) is 119. The summed E-state index contributed by atoms with van der Waals surface area (Å²) in [6.45, 7) is 13.3. The van der Waals surface area contributed by atoms with E-state index >= 15 is 0 Å². The number of ether oxygens (including phenoxy) is 9. The number of Topliss-reactive ketones (excluding diaryl/α,β-unsaturated/α-hetero) is 1. The highest BCUT2D eigenvalue weighted by atomic mass is 16.8. The molecule has 5 aliphatic carbocycles. The van der Waals surface area contributed by atoms with Gasteiger partial charge in [-0.05, 0) is 92.8 Å². The summed E-state index contributed by atoms with van der Waals surface area (Å²) in [5.74, 6) is 0.567. The van der Waals surface area contributed by atoms with Gasteiger partial charge in [0.1, 0.15) is 97.5 Å². The number of aldehydes is 1. The summed E-state index contributed by atoms with van der Waals surface area (Å²) in [6.07, 6.45) is -23.5. The maximum Gasteiger partial charge on any atom is 0.187 e. The highest BCUT2D eigenvalue weighted by Gasteiger charge is 2.80. The molecule has 11 N–H and O–H groups in total. The second-order valence-corrected chi connectivity index (χ2v) is 26.0. The largest absolute Gasteiger partial charge is 0.394 e. The first kappa shape index (κ1) is 56.8. The summed E-state index contributed by atoms with van der Waals surface area (Å²) in [4.78, 5) is 27.2. The van der Waals surface area contributed by atoms with Gasteiger partial charge < -0.3 is 104 Å². The molecular formula is C53H84O22. The standard InChI is InChI=1S/C53H84O22/c1-23-32(58)36(62)39(65)43(69-23)75-42-38(64)34(60)25(19-55)71-46(42)72-26-20-67-45(41(35(26)61)74-44-40(66)37(63)33(59)24(18-54)70-44)73-31-10-11-49(5)27(47(31,2)3)8-12-50(6)28(49)9-13-53-29-16-48(4,21-56)14-15-52(29,22-68-53)30(57)17-51(50,53)7/h21,23-29,31-46,54-55,58-66H,8-20,22H2,1-7H3. The van der Waals surface area contributed by atoms with E-state index in [-0.39, 0.29) is 34.4 Å². The van der Waals surface area contributed by atoms with Gasteiger partial charge in [0.25, 0.3) is 0 Å². The molecule has 0 radical (unpaired) electrons. The van der Waals surface area contributed by atoms with Gasteiger partial charge in [-0.15, -0.1) is 0 Å². The van der Waals surface area contributed by atoms with E-state index in [0.717, 1.165) is 38.4 Å². The summed E-state index contributed by atoms with van der Waals surface area (Å²) in [6, 6.07) is 0. The Labute approximate surface area is 437 Å². The molecule has 5 aliphatic heterocycles. The van der Waals surface area contributed by atoms with Crippen LogP contribution in [0, 0.1) is 50.2 Å². The second-order valence-electron chi connectivity index (χ2n) is 26.0. The molecule has 2 bridgehead atoms. The number of fused-ring (bicyclic) bond motifs is 4. The number of carbonyl (C=O) groups excluding carboxylic acids is 2. The van der Waals surface area contributed by atoms with E-state index in [0.29, 0.717) is 38.7 Å². The molecule has 75 heavy (non-hydrogen) atoms. The summed E-state index contributed by atoms with van der Waals surface area (Å²) in [7, 11) is 0. The van der Waals surface area contributed by atoms with E-state index in [1.165, 1.54) is 6.92 Å². The quantitative estimate of drug-likeness (QED) is 0.0847. The molecule has 22 nitrogen and oxygen atoms in total. The van der Waals surface area contributed by atoms with Gasteiger partial charge in [-0.1, -0.05) is 41.5 Å². The van der Waals surface area contributed by atoms with Crippen molar-refractivity contribution in [3.8, 4) is 0 Å². The van der Waals surface area contributed by atoms with Gasteiger partial charge >= 0.3 is 0 Å². The fraction of sp³-hybridized carbons (Fsp3) is 0.962. The minimum atomic E-state index is -1.89. The van der Waals surface area contributed by atoms with Crippen LogP contribution >= 0.6 is 0 Å². The fourth-order valence-corrected chi connectivity index (χ4v) is 17.3. The molecule has 0 aromatic carbocycles. The molecule has 5 saturated carbocycles. The lowest BCUT2D eigenvalue weighted by molar-refractivity contribution is -0.394. The van der Waals surface area contributed by atoms with Crippen molar-refractivity contribution >= 4 is 12.1 Å². The summed E-state index contributed by atoms with van der Waals surface area (Å²) < 4.78 is 56.1. The molecule has 10 aliphatic rings. The van der Waals surface area contributed by atoms with Crippen LogP contribution in [-0.4, -0.2) is 223 Å². The van der Waals surface area contributed by atoms with E-state index in [9.17, 15) is 65.8 Å². The molecule has 10 rings (SSSR count). The van der Waals surface area contributed by atoms with E-state index < -0.39 is 170 Å². The number of rotatable bonds is 11. The van der Waals surface area contributed by atoms with Crippen LogP contribution in [0.15, 0.2) is 0 Å². The lowest BCUT2D eigenvalue weighted by atomic mass is 9.30. The Balaban J connectivity index is 0.903. The maximum absolute atomic E-state index is 14.7. The molecular weight excluding hydrogens is 989 g/mol. The van der Waals surface area contributed by atoms with Crippen molar-refractivity contribution in [1.82, 2.24) is 0 Å². The molecule has 0 aromatic rings. The Kier molecular flexibility index (Phi) is 15.1. The Bertz CT molecular complexity index is 2100. The van der Waals surface area contributed by atoms with Crippen LogP contribution in [0.1, 0.15) is 113 Å². The zero-order valence-electron chi connectivity index (χ0n) is 44.2. The number of hydrogen-bond donors (Lipinski definition) is 11. The predicted molar refractivity (Wildman–Crippen MR) is 254 cm³/mol. The SMILES string of the molecule is CC1OC(OC2C(OC3COC(OC4CCC5(C)C(CCC6(C)C5CCC57OCC8(CCC(C)(C=O)CC85)C(=O)CC67C)C4(C)C)C(OC4OC(CO)C(O)C(O)C4O)C3O)OC(CO)C(O)C2O)C(O)C(O)C1O.